The summed E-state index contributed by atoms with van der Waals surface area (Å²) >= 11 is 1.41. The number of urea groups is 1. The Hall–Kier alpha value is -2.52. The highest BCUT2D eigenvalue weighted by Crippen LogP contribution is 2.26. The van der Waals surface area contributed by atoms with Crippen LogP contribution >= 0.6 is 11.3 Å². The zero-order valence-corrected chi connectivity index (χ0v) is 18.1. The smallest absolute Gasteiger partial charge is 0.323 e. The van der Waals surface area contributed by atoms with Crippen molar-refractivity contribution in [2.24, 2.45) is 5.92 Å². The molecule has 2 fully saturated rings. The molecule has 1 N–H and O–H groups in total. The fourth-order valence-electron chi connectivity index (χ4n) is 3.92. The van der Waals surface area contributed by atoms with Gasteiger partial charge in [0, 0.05) is 69.0 Å². The van der Waals surface area contributed by atoms with Crippen LogP contribution in [0.25, 0.3) is 11.3 Å². The molecule has 2 aliphatic rings. The molecule has 0 spiro atoms. The van der Waals surface area contributed by atoms with Gasteiger partial charge in [-0.1, -0.05) is 0 Å². The molecule has 3 amide bonds. The summed E-state index contributed by atoms with van der Waals surface area (Å²) in [6.07, 6.45) is 5.81. The molecule has 4 rings (SSSR count). The molecule has 4 heterocycles. The maximum absolute atomic E-state index is 12.6. The summed E-state index contributed by atoms with van der Waals surface area (Å²) in [4.78, 5) is 39.8. The monoisotopic (exact) mass is 428 g/mol. The Kier molecular flexibility index (Phi) is 6.59. The minimum atomic E-state index is -0.120. The van der Waals surface area contributed by atoms with E-state index in [1.165, 1.54) is 11.3 Å². The lowest BCUT2D eigenvalue weighted by atomic mass is 9.93. The maximum Gasteiger partial charge on any atom is 0.323 e. The van der Waals surface area contributed by atoms with E-state index in [4.69, 9.17) is 0 Å². The number of hydrogen-bond acceptors (Lipinski definition) is 6. The quantitative estimate of drug-likeness (QED) is 0.810. The summed E-state index contributed by atoms with van der Waals surface area (Å²) in [6, 6.07) is 3.69. The molecule has 2 aromatic rings. The molecule has 2 aliphatic heterocycles. The van der Waals surface area contributed by atoms with Crippen LogP contribution in [-0.4, -0.2) is 82.9 Å². The van der Waals surface area contributed by atoms with Crippen molar-refractivity contribution in [2.75, 3.05) is 51.6 Å². The average Bonchev–Trinajstić information content (AvgIpc) is 3.24. The second kappa shape index (κ2) is 9.53. The molecule has 0 bridgehead atoms. The van der Waals surface area contributed by atoms with Crippen LogP contribution in [0, 0.1) is 5.92 Å². The van der Waals surface area contributed by atoms with Gasteiger partial charge in [-0.05, 0) is 37.9 Å². The Morgan fingerprint density at radius 1 is 1.13 bits per heavy atom. The second-order valence-electron chi connectivity index (χ2n) is 8.03. The predicted molar refractivity (Wildman–Crippen MR) is 117 cm³/mol. The molecule has 160 valence electrons. The second-order valence-corrected chi connectivity index (χ2v) is 8.89. The molecular weight excluding hydrogens is 400 g/mol. The highest BCUT2D eigenvalue weighted by molar-refractivity contribution is 7.14. The summed E-state index contributed by atoms with van der Waals surface area (Å²) < 4.78 is 0. The first kappa shape index (κ1) is 20.7. The van der Waals surface area contributed by atoms with Crippen LogP contribution in [0.15, 0.2) is 29.9 Å². The number of aromatic nitrogens is 2. The number of carbonyl (C=O) groups excluding carboxylic acids is 2. The lowest BCUT2D eigenvalue weighted by Gasteiger charge is -2.35. The van der Waals surface area contributed by atoms with Crippen LogP contribution in [0.3, 0.4) is 0 Å². The van der Waals surface area contributed by atoms with Gasteiger partial charge < -0.3 is 14.7 Å². The number of nitrogens with zero attached hydrogens (tertiary/aromatic N) is 5. The fraction of sp³-hybridized carbons (Fsp3) is 0.524. The lowest BCUT2D eigenvalue weighted by molar-refractivity contribution is -0.134. The van der Waals surface area contributed by atoms with Crippen molar-refractivity contribution in [1.29, 1.82) is 0 Å². The van der Waals surface area contributed by atoms with Gasteiger partial charge in [-0.25, -0.2) is 9.78 Å². The van der Waals surface area contributed by atoms with Gasteiger partial charge in [0.05, 0.1) is 5.69 Å². The molecule has 0 atom stereocenters. The molecule has 0 radical (unpaired) electrons. The van der Waals surface area contributed by atoms with Crippen molar-refractivity contribution >= 4 is 28.4 Å². The topological polar surface area (TPSA) is 81.7 Å². The Labute approximate surface area is 180 Å². The number of amides is 3. The van der Waals surface area contributed by atoms with E-state index in [0.29, 0.717) is 30.6 Å². The number of piperidine rings is 1. The van der Waals surface area contributed by atoms with Crippen molar-refractivity contribution in [2.45, 2.75) is 19.3 Å². The molecule has 2 saturated heterocycles. The molecule has 0 aliphatic carbocycles. The van der Waals surface area contributed by atoms with E-state index in [9.17, 15) is 9.59 Å². The summed E-state index contributed by atoms with van der Waals surface area (Å²) in [6.45, 7) is 4.89. The van der Waals surface area contributed by atoms with Gasteiger partial charge in [0.15, 0.2) is 5.13 Å². The van der Waals surface area contributed by atoms with Crippen LogP contribution in [0.5, 0.6) is 0 Å². The van der Waals surface area contributed by atoms with Gasteiger partial charge in [-0.15, -0.1) is 11.3 Å². The van der Waals surface area contributed by atoms with Crippen molar-refractivity contribution in [3.05, 3.63) is 29.9 Å². The zero-order valence-electron chi connectivity index (χ0n) is 17.3. The molecule has 0 saturated carbocycles. The maximum atomic E-state index is 12.6. The van der Waals surface area contributed by atoms with Crippen molar-refractivity contribution in [3.63, 3.8) is 0 Å². The van der Waals surface area contributed by atoms with Crippen LogP contribution in [0.2, 0.25) is 0 Å². The highest BCUT2D eigenvalue weighted by atomic mass is 32.1. The fourth-order valence-corrected chi connectivity index (χ4v) is 4.63. The first-order chi connectivity index (χ1) is 14.6. The normalized spacial score (nSPS) is 18.4. The lowest BCUT2D eigenvalue weighted by Crippen LogP contribution is -2.48. The Bertz CT molecular complexity index is 857. The predicted octanol–water partition coefficient (Wildman–Crippen LogP) is 2.61. The van der Waals surface area contributed by atoms with Gasteiger partial charge >= 0.3 is 6.03 Å². The summed E-state index contributed by atoms with van der Waals surface area (Å²) in [5, 5.41) is 5.42. The molecule has 2 aromatic heterocycles. The third-order valence-electron chi connectivity index (χ3n) is 5.90. The van der Waals surface area contributed by atoms with Crippen LogP contribution in [0.1, 0.15) is 19.3 Å². The summed E-state index contributed by atoms with van der Waals surface area (Å²) in [5.74, 6) is 0.620. The van der Waals surface area contributed by atoms with Gasteiger partial charge in [-0.2, -0.15) is 0 Å². The first-order valence-corrected chi connectivity index (χ1v) is 11.3. The summed E-state index contributed by atoms with van der Waals surface area (Å²) in [7, 11) is 2.09. The van der Waals surface area contributed by atoms with E-state index < -0.39 is 0 Å². The van der Waals surface area contributed by atoms with Crippen LogP contribution < -0.4 is 5.32 Å². The number of pyridine rings is 1. The number of anilines is 1. The van der Waals surface area contributed by atoms with E-state index in [2.05, 4.69) is 27.2 Å². The van der Waals surface area contributed by atoms with Crippen molar-refractivity contribution in [1.82, 2.24) is 24.7 Å². The van der Waals surface area contributed by atoms with E-state index in [-0.39, 0.29) is 11.9 Å². The van der Waals surface area contributed by atoms with Gasteiger partial charge in [0.2, 0.25) is 5.91 Å². The van der Waals surface area contributed by atoms with Crippen molar-refractivity contribution in [3.8, 4) is 11.3 Å². The molecule has 0 aromatic carbocycles. The minimum Gasteiger partial charge on any atom is -0.340 e. The zero-order chi connectivity index (χ0) is 20.9. The number of likely N-dealkylation sites (N-methyl/N-ethyl adjacent to an activating group) is 1. The average molecular weight is 429 g/mol. The number of piperazine rings is 1. The number of hydrogen-bond donors (Lipinski definition) is 1. The molecule has 30 heavy (non-hydrogen) atoms. The SMILES string of the molecule is CN1CCN(C(=O)CC2CCN(C(=O)Nc3nc(-c4cccnc4)cs3)CC2)CC1. The number of likely N-dealkylation sites (tertiary alicyclic amines) is 1. The Morgan fingerprint density at radius 2 is 1.90 bits per heavy atom. The van der Waals surface area contributed by atoms with E-state index in [1.54, 1.807) is 12.4 Å². The van der Waals surface area contributed by atoms with Gasteiger partial charge in [0.25, 0.3) is 0 Å². The molecule has 8 nitrogen and oxygen atoms in total. The number of carbonyl (C=O) groups is 2. The third-order valence-corrected chi connectivity index (χ3v) is 6.65. The van der Waals surface area contributed by atoms with E-state index in [0.717, 1.165) is 50.3 Å². The Balaban J connectivity index is 1.23. The van der Waals surface area contributed by atoms with Crippen LogP contribution in [-0.2, 0) is 4.79 Å². The van der Waals surface area contributed by atoms with Gasteiger partial charge in [0.1, 0.15) is 0 Å². The standard InChI is InChI=1S/C21H28N6O2S/c1-25-9-11-26(12-10-25)19(28)13-16-4-7-27(8-5-16)21(29)24-20-23-18(15-30-20)17-3-2-6-22-14-17/h2-3,6,14-16H,4-5,7-13H2,1H3,(H,23,24,29). The highest BCUT2D eigenvalue weighted by Gasteiger charge is 2.27. The van der Waals surface area contributed by atoms with Crippen LogP contribution in [0.4, 0.5) is 9.93 Å². The molecular formula is C21H28N6O2S. The number of nitrogens with one attached hydrogen (secondary N) is 1. The number of rotatable bonds is 4. The van der Waals surface area contributed by atoms with E-state index in [1.807, 2.05) is 27.3 Å². The Morgan fingerprint density at radius 3 is 2.60 bits per heavy atom. The molecule has 0 unspecified atom stereocenters. The van der Waals surface area contributed by atoms with Crippen molar-refractivity contribution < 1.29 is 9.59 Å². The minimum absolute atomic E-state index is 0.120. The first-order valence-electron chi connectivity index (χ1n) is 10.5. The molecule has 9 heteroatoms. The van der Waals surface area contributed by atoms with E-state index >= 15 is 0 Å². The summed E-state index contributed by atoms with van der Waals surface area (Å²) in [5.41, 5.74) is 1.74. The third kappa shape index (κ3) is 5.14. The largest absolute Gasteiger partial charge is 0.340 e. The van der Waals surface area contributed by atoms with Gasteiger partial charge in [-0.3, -0.25) is 15.1 Å². The number of thiazole rings is 1.